The normalized spacial score (nSPS) is 17.2. The highest BCUT2D eigenvalue weighted by Gasteiger charge is 2.12. The minimum atomic E-state index is 0.473. The largest absolute Gasteiger partial charge is 0.378 e. The van der Waals surface area contributed by atoms with Gasteiger partial charge in [-0.1, -0.05) is 0 Å². The molecule has 0 aromatic carbocycles. The maximum atomic E-state index is 5.90. The van der Waals surface area contributed by atoms with E-state index in [1.807, 2.05) is 19.4 Å². The average molecular weight is 266 g/mol. The number of piperidine rings is 1. The van der Waals surface area contributed by atoms with Gasteiger partial charge in [-0.2, -0.15) is 0 Å². The number of hydrogen-bond acceptors (Lipinski definition) is 4. The first kappa shape index (κ1) is 14.5. The molecule has 1 aliphatic rings. The number of nitrogens with one attached hydrogen (secondary N) is 1. The summed E-state index contributed by atoms with van der Waals surface area (Å²) in [5.41, 5.74) is 0. The molecule has 0 bridgehead atoms. The van der Waals surface area contributed by atoms with E-state index in [1.165, 1.54) is 0 Å². The molecule has 2 rings (SSSR count). The molecule has 1 aliphatic heterocycles. The number of nitrogens with zero attached hydrogens (tertiary/aromatic N) is 3. The van der Waals surface area contributed by atoms with Gasteiger partial charge in [-0.15, -0.1) is 0 Å². The summed E-state index contributed by atoms with van der Waals surface area (Å²) in [6, 6.07) is 0. The van der Waals surface area contributed by atoms with Crippen LogP contribution in [0.5, 0.6) is 0 Å². The third kappa shape index (κ3) is 4.93. The van der Waals surface area contributed by atoms with Crippen molar-refractivity contribution in [2.45, 2.75) is 31.9 Å². The van der Waals surface area contributed by atoms with Crippen LogP contribution in [0.4, 0.5) is 0 Å². The Morgan fingerprint density at radius 3 is 2.95 bits per heavy atom. The molecule has 108 valence electrons. The van der Waals surface area contributed by atoms with Crippen LogP contribution in [0.3, 0.4) is 0 Å². The summed E-state index contributed by atoms with van der Waals surface area (Å²) < 4.78 is 7.98. The maximum Gasteiger partial charge on any atom is 0.122 e. The van der Waals surface area contributed by atoms with Crippen LogP contribution in [0.1, 0.15) is 25.1 Å². The Morgan fingerprint density at radius 1 is 1.47 bits per heavy atom. The summed E-state index contributed by atoms with van der Waals surface area (Å²) in [4.78, 5) is 6.64. The van der Waals surface area contributed by atoms with Crippen LogP contribution in [0, 0.1) is 0 Å². The molecule has 5 nitrogen and oxygen atoms in total. The Kier molecular flexibility index (Phi) is 5.82. The molecule has 0 amide bonds. The van der Waals surface area contributed by atoms with Gasteiger partial charge in [0, 0.05) is 32.6 Å². The lowest BCUT2D eigenvalue weighted by Crippen LogP contribution is -2.33. The fourth-order valence-electron chi connectivity index (χ4n) is 2.42. The predicted octanol–water partition coefficient (Wildman–Crippen LogP) is 1.01. The van der Waals surface area contributed by atoms with Crippen molar-refractivity contribution < 1.29 is 4.74 Å². The Bertz CT molecular complexity index is 360. The summed E-state index contributed by atoms with van der Waals surface area (Å²) in [5, 5.41) is 3.36. The van der Waals surface area contributed by atoms with Gasteiger partial charge >= 0.3 is 0 Å². The molecule has 0 spiro atoms. The zero-order valence-electron chi connectivity index (χ0n) is 12.1. The SMILES string of the molecule is CN(CCCOC1CCNCC1)Cc1nccn1C. The van der Waals surface area contributed by atoms with E-state index < -0.39 is 0 Å². The first-order valence-electron chi connectivity index (χ1n) is 7.23. The van der Waals surface area contributed by atoms with Crippen molar-refractivity contribution in [3.63, 3.8) is 0 Å². The molecule has 0 unspecified atom stereocenters. The molecule has 5 heteroatoms. The van der Waals surface area contributed by atoms with Crippen LogP contribution in [0.25, 0.3) is 0 Å². The lowest BCUT2D eigenvalue weighted by molar-refractivity contribution is 0.0283. The summed E-state index contributed by atoms with van der Waals surface area (Å²) in [6.07, 6.45) is 7.71. The fraction of sp³-hybridized carbons (Fsp3) is 0.786. The molecular formula is C14H26N4O. The third-order valence-electron chi connectivity index (χ3n) is 3.66. The lowest BCUT2D eigenvalue weighted by Gasteiger charge is -2.23. The van der Waals surface area contributed by atoms with Gasteiger partial charge < -0.3 is 14.6 Å². The Balaban J connectivity index is 1.56. The molecule has 0 saturated carbocycles. The van der Waals surface area contributed by atoms with Crippen molar-refractivity contribution in [2.24, 2.45) is 7.05 Å². The van der Waals surface area contributed by atoms with E-state index in [0.717, 1.165) is 57.9 Å². The Morgan fingerprint density at radius 2 is 2.26 bits per heavy atom. The Labute approximate surface area is 116 Å². The van der Waals surface area contributed by atoms with E-state index in [4.69, 9.17) is 4.74 Å². The first-order chi connectivity index (χ1) is 9.25. The summed E-state index contributed by atoms with van der Waals surface area (Å²) in [5.74, 6) is 1.11. The van der Waals surface area contributed by atoms with Crippen LogP contribution in [0.15, 0.2) is 12.4 Å². The maximum absolute atomic E-state index is 5.90. The molecular weight excluding hydrogens is 240 g/mol. The second-order valence-corrected chi connectivity index (χ2v) is 5.37. The zero-order chi connectivity index (χ0) is 13.5. The molecule has 2 heterocycles. The fourth-order valence-corrected chi connectivity index (χ4v) is 2.42. The number of aryl methyl sites for hydroxylation is 1. The average Bonchev–Trinajstić information content (AvgIpc) is 2.82. The number of ether oxygens (including phenoxy) is 1. The van der Waals surface area contributed by atoms with Gasteiger partial charge in [0.25, 0.3) is 0 Å². The van der Waals surface area contributed by atoms with Crippen LogP contribution in [-0.2, 0) is 18.3 Å². The number of imidazole rings is 1. The zero-order valence-corrected chi connectivity index (χ0v) is 12.1. The molecule has 1 aromatic rings. The standard InChI is InChI=1S/C14H26N4O/c1-17(12-14-16-8-10-18(14)2)9-3-11-19-13-4-6-15-7-5-13/h8,10,13,15H,3-7,9,11-12H2,1-2H3. The smallest absolute Gasteiger partial charge is 0.122 e. The van der Waals surface area contributed by atoms with Gasteiger partial charge in [0.15, 0.2) is 0 Å². The van der Waals surface area contributed by atoms with E-state index in [0.29, 0.717) is 6.10 Å². The molecule has 19 heavy (non-hydrogen) atoms. The highest BCUT2D eigenvalue weighted by atomic mass is 16.5. The molecule has 0 atom stereocenters. The lowest BCUT2D eigenvalue weighted by atomic mass is 10.1. The highest BCUT2D eigenvalue weighted by molar-refractivity contribution is 4.90. The van der Waals surface area contributed by atoms with Gasteiger partial charge in [-0.3, -0.25) is 4.90 Å². The van der Waals surface area contributed by atoms with Gasteiger partial charge in [0.05, 0.1) is 12.6 Å². The van der Waals surface area contributed by atoms with Crippen molar-refractivity contribution in [1.29, 1.82) is 0 Å². The van der Waals surface area contributed by atoms with E-state index in [1.54, 1.807) is 0 Å². The van der Waals surface area contributed by atoms with Crippen molar-refractivity contribution >= 4 is 0 Å². The molecule has 1 fully saturated rings. The summed E-state index contributed by atoms with van der Waals surface area (Å²) >= 11 is 0. The second kappa shape index (κ2) is 7.62. The van der Waals surface area contributed by atoms with Gasteiger partial charge in [-0.05, 0) is 39.4 Å². The number of hydrogen-bond donors (Lipinski definition) is 1. The van der Waals surface area contributed by atoms with E-state index in [-0.39, 0.29) is 0 Å². The van der Waals surface area contributed by atoms with Crippen molar-refractivity contribution in [1.82, 2.24) is 19.8 Å². The predicted molar refractivity (Wildman–Crippen MR) is 76.0 cm³/mol. The van der Waals surface area contributed by atoms with Gasteiger partial charge in [0.2, 0.25) is 0 Å². The van der Waals surface area contributed by atoms with E-state index in [9.17, 15) is 0 Å². The van der Waals surface area contributed by atoms with Gasteiger partial charge in [0.1, 0.15) is 5.82 Å². The Hall–Kier alpha value is -0.910. The summed E-state index contributed by atoms with van der Waals surface area (Å²) in [7, 11) is 4.18. The molecule has 1 saturated heterocycles. The molecule has 1 N–H and O–H groups in total. The molecule has 0 radical (unpaired) electrons. The van der Waals surface area contributed by atoms with Crippen LogP contribution in [-0.4, -0.2) is 53.8 Å². The minimum absolute atomic E-state index is 0.473. The topological polar surface area (TPSA) is 42.3 Å². The number of rotatable bonds is 7. The number of aromatic nitrogens is 2. The van der Waals surface area contributed by atoms with Gasteiger partial charge in [-0.25, -0.2) is 4.98 Å². The van der Waals surface area contributed by atoms with Crippen LogP contribution < -0.4 is 5.32 Å². The quantitative estimate of drug-likeness (QED) is 0.748. The second-order valence-electron chi connectivity index (χ2n) is 5.37. The highest BCUT2D eigenvalue weighted by Crippen LogP contribution is 2.07. The molecule has 1 aromatic heterocycles. The molecule has 0 aliphatic carbocycles. The minimum Gasteiger partial charge on any atom is -0.378 e. The van der Waals surface area contributed by atoms with E-state index in [2.05, 4.69) is 26.8 Å². The summed E-state index contributed by atoms with van der Waals surface area (Å²) in [6.45, 7) is 5.03. The van der Waals surface area contributed by atoms with Crippen molar-refractivity contribution in [3.8, 4) is 0 Å². The van der Waals surface area contributed by atoms with Crippen molar-refractivity contribution in [2.75, 3.05) is 33.3 Å². The van der Waals surface area contributed by atoms with Crippen molar-refractivity contribution in [3.05, 3.63) is 18.2 Å². The monoisotopic (exact) mass is 266 g/mol. The third-order valence-corrected chi connectivity index (χ3v) is 3.66. The van der Waals surface area contributed by atoms with Crippen LogP contribution in [0.2, 0.25) is 0 Å². The van der Waals surface area contributed by atoms with Crippen LogP contribution >= 0.6 is 0 Å². The first-order valence-corrected chi connectivity index (χ1v) is 7.23. The van der Waals surface area contributed by atoms with E-state index >= 15 is 0 Å².